The van der Waals surface area contributed by atoms with E-state index in [4.69, 9.17) is 28.8 Å². The SMILES string of the molecule is C[C@@](O)(CC(=O)O)CC(=O)OC[C@H]1O[C@@H](Oc2cnc3ccc(=O)n4c5ccccc5c2c34)[C@H](O[C@@H]2OC[C@](O)(CO)[C@H]2O)[C@@H](O)[C@@H]1O. The average Bonchev–Trinajstić information content (AvgIpc) is 3.53. The predicted molar refractivity (Wildman–Crippen MR) is 160 cm³/mol. The minimum atomic E-state index is -2.08. The van der Waals surface area contributed by atoms with Gasteiger partial charge in [0, 0.05) is 11.5 Å². The third-order valence-electron chi connectivity index (χ3n) is 8.51. The van der Waals surface area contributed by atoms with Crippen LogP contribution in [0, 0.1) is 0 Å². The largest absolute Gasteiger partial charge is 0.481 e. The number of aromatic nitrogens is 2. The Hall–Kier alpha value is -4.04. The fourth-order valence-corrected chi connectivity index (χ4v) is 6.05. The van der Waals surface area contributed by atoms with Gasteiger partial charge < -0.3 is 59.4 Å². The van der Waals surface area contributed by atoms with Crippen molar-refractivity contribution < 1.29 is 69.0 Å². The van der Waals surface area contributed by atoms with Gasteiger partial charge in [0.25, 0.3) is 5.56 Å². The van der Waals surface area contributed by atoms with Gasteiger partial charge in [-0.25, -0.2) is 0 Å². The molecule has 17 heteroatoms. The Labute approximate surface area is 270 Å². The fraction of sp³-hybridized carbons (Fsp3) is 0.484. The summed E-state index contributed by atoms with van der Waals surface area (Å²) in [5.41, 5.74) is -2.88. The monoisotopic (exact) mass is 674 g/mol. The molecule has 6 rings (SSSR count). The van der Waals surface area contributed by atoms with Gasteiger partial charge in [0.2, 0.25) is 6.29 Å². The highest BCUT2D eigenvalue weighted by Gasteiger charge is 2.54. The summed E-state index contributed by atoms with van der Waals surface area (Å²) in [7, 11) is 0. The Morgan fingerprint density at radius 3 is 2.56 bits per heavy atom. The molecule has 0 spiro atoms. The van der Waals surface area contributed by atoms with Crippen molar-refractivity contribution in [2.75, 3.05) is 19.8 Å². The molecule has 0 bridgehead atoms. The van der Waals surface area contributed by atoms with Crippen LogP contribution in [0.5, 0.6) is 5.75 Å². The molecule has 0 radical (unpaired) electrons. The maximum Gasteiger partial charge on any atom is 0.308 e. The zero-order valence-electron chi connectivity index (χ0n) is 25.4. The van der Waals surface area contributed by atoms with E-state index in [1.807, 2.05) is 0 Å². The molecule has 7 N–H and O–H groups in total. The molecule has 1 aromatic carbocycles. The number of hydrogen-bond donors (Lipinski definition) is 7. The van der Waals surface area contributed by atoms with Crippen LogP contribution in [-0.2, 0) is 28.5 Å². The van der Waals surface area contributed by atoms with Crippen LogP contribution in [0.3, 0.4) is 0 Å². The molecule has 0 saturated carbocycles. The molecule has 48 heavy (non-hydrogen) atoms. The molecule has 3 aromatic heterocycles. The van der Waals surface area contributed by atoms with Crippen molar-refractivity contribution in [2.24, 2.45) is 0 Å². The first kappa shape index (κ1) is 33.8. The van der Waals surface area contributed by atoms with E-state index in [0.717, 1.165) is 6.92 Å². The lowest BCUT2D eigenvalue weighted by Crippen LogP contribution is -2.62. The zero-order chi connectivity index (χ0) is 34.5. The lowest BCUT2D eigenvalue weighted by molar-refractivity contribution is -0.319. The number of esters is 1. The highest BCUT2D eigenvalue weighted by atomic mass is 16.8. The van der Waals surface area contributed by atoms with Crippen molar-refractivity contribution in [3.05, 3.63) is 52.9 Å². The molecule has 2 aliphatic rings. The summed E-state index contributed by atoms with van der Waals surface area (Å²) in [4.78, 5) is 40.8. The molecule has 0 amide bonds. The number of rotatable bonds is 11. The molecule has 2 aliphatic heterocycles. The number of carboxylic acid groups (broad SMARTS) is 1. The second kappa shape index (κ2) is 12.8. The number of ether oxygens (including phenoxy) is 5. The van der Waals surface area contributed by atoms with Crippen LogP contribution in [0.1, 0.15) is 19.8 Å². The number of para-hydroxylation sites is 1. The van der Waals surface area contributed by atoms with Gasteiger partial charge in [0.15, 0.2) is 18.1 Å². The third kappa shape index (κ3) is 6.15. The first-order chi connectivity index (χ1) is 22.7. The summed E-state index contributed by atoms with van der Waals surface area (Å²) < 4.78 is 29.9. The standard InChI is InChI=1S/C31H34N2O15/c1-30(42,8-20(36)37)9-21(38)44-11-18-24(39)25(40)26(48-29-27(41)31(43,12-34)13-45-29)28(47-18)46-17-10-32-15-6-7-19(35)33-16-5-3-2-4-14(16)22(17)23(15)33/h2-7,10,18,24-29,34,39-43H,8-9,11-13H2,1H3,(H,36,37)/t18-,24-,25+,26-,27+,28-,29+,30-,31-/m1/s1. The van der Waals surface area contributed by atoms with Gasteiger partial charge in [-0.3, -0.25) is 23.8 Å². The normalized spacial score (nSPS) is 30.5. The predicted octanol–water partition coefficient (Wildman–Crippen LogP) is -1.75. The molecule has 5 heterocycles. The summed E-state index contributed by atoms with van der Waals surface area (Å²) in [6, 6.07) is 9.94. The van der Waals surface area contributed by atoms with E-state index in [0.29, 0.717) is 27.3 Å². The number of carbonyl (C=O) groups is 2. The molecule has 0 unspecified atom stereocenters. The van der Waals surface area contributed by atoms with Gasteiger partial charge >= 0.3 is 11.9 Å². The van der Waals surface area contributed by atoms with E-state index in [2.05, 4.69) is 4.98 Å². The molecule has 2 fully saturated rings. The van der Waals surface area contributed by atoms with E-state index in [1.165, 1.54) is 16.7 Å². The molecule has 4 aromatic rings. The molecular weight excluding hydrogens is 640 g/mol. The third-order valence-corrected chi connectivity index (χ3v) is 8.51. The number of aliphatic hydroxyl groups is 6. The lowest BCUT2D eigenvalue weighted by Gasteiger charge is -2.43. The summed E-state index contributed by atoms with van der Waals surface area (Å²) >= 11 is 0. The van der Waals surface area contributed by atoms with Crippen molar-refractivity contribution in [1.29, 1.82) is 0 Å². The molecule has 0 aliphatic carbocycles. The quantitative estimate of drug-likeness (QED) is 0.0871. The van der Waals surface area contributed by atoms with Crippen LogP contribution >= 0.6 is 0 Å². The Morgan fingerprint density at radius 1 is 1.10 bits per heavy atom. The van der Waals surface area contributed by atoms with Crippen LogP contribution in [-0.4, -0.2) is 131 Å². The first-order valence-electron chi connectivity index (χ1n) is 14.9. The lowest BCUT2D eigenvalue weighted by atomic mass is 9.97. The highest BCUT2D eigenvalue weighted by Crippen LogP contribution is 2.38. The molecule has 2 saturated heterocycles. The van der Waals surface area contributed by atoms with Gasteiger partial charge in [-0.15, -0.1) is 0 Å². The smallest absolute Gasteiger partial charge is 0.308 e. The van der Waals surface area contributed by atoms with Crippen LogP contribution in [0.15, 0.2) is 47.4 Å². The number of aliphatic hydroxyl groups excluding tert-OH is 4. The van der Waals surface area contributed by atoms with E-state index in [9.17, 15) is 45.0 Å². The van der Waals surface area contributed by atoms with E-state index in [-0.39, 0.29) is 11.3 Å². The molecule has 17 nitrogen and oxygen atoms in total. The second-order valence-corrected chi connectivity index (χ2v) is 12.3. The maximum atomic E-state index is 12.9. The van der Waals surface area contributed by atoms with Crippen molar-refractivity contribution in [2.45, 2.75) is 74.1 Å². The number of nitrogens with zero attached hydrogens (tertiary/aromatic N) is 2. The number of benzene rings is 1. The summed E-state index contributed by atoms with van der Waals surface area (Å²) in [5, 5.41) is 73.1. The minimum absolute atomic E-state index is 0.0641. The number of aliphatic carboxylic acids is 1. The zero-order valence-corrected chi connectivity index (χ0v) is 25.4. The van der Waals surface area contributed by atoms with Gasteiger partial charge in [0.1, 0.15) is 36.6 Å². The van der Waals surface area contributed by atoms with Crippen LogP contribution < -0.4 is 10.3 Å². The fourth-order valence-electron chi connectivity index (χ4n) is 6.05. The Bertz CT molecular complexity index is 1880. The molecule has 9 atom stereocenters. The van der Waals surface area contributed by atoms with E-state index >= 15 is 0 Å². The number of hydrogen-bond acceptors (Lipinski definition) is 15. The average molecular weight is 675 g/mol. The van der Waals surface area contributed by atoms with E-state index < -0.39 is 98.9 Å². The van der Waals surface area contributed by atoms with Crippen LogP contribution in [0.4, 0.5) is 0 Å². The topological polar surface area (TPSA) is 256 Å². The van der Waals surface area contributed by atoms with Crippen molar-refractivity contribution in [1.82, 2.24) is 9.38 Å². The molecular formula is C31H34N2O15. The van der Waals surface area contributed by atoms with E-state index in [1.54, 1.807) is 30.3 Å². The Balaban J connectivity index is 1.33. The van der Waals surface area contributed by atoms with Crippen molar-refractivity contribution in [3.8, 4) is 5.75 Å². The number of carbonyl (C=O) groups excluding carboxylic acids is 1. The number of fused-ring (bicyclic) bond motifs is 3. The second-order valence-electron chi connectivity index (χ2n) is 12.3. The van der Waals surface area contributed by atoms with Crippen LogP contribution in [0.2, 0.25) is 0 Å². The summed E-state index contributed by atoms with van der Waals surface area (Å²) in [5.74, 6) is -2.29. The number of pyridine rings is 2. The van der Waals surface area contributed by atoms with Gasteiger partial charge in [-0.2, -0.15) is 0 Å². The summed E-state index contributed by atoms with van der Waals surface area (Å²) in [6.07, 6.45) is -11.9. The van der Waals surface area contributed by atoms with Crippen molar-refractivity contribution in [3.63, 3.8) is 0 Å². The highest BCUT2D eigenvalue weighted by molar-refractivity contribution is 6.15. The number of carboxylic acids is 1. The van der Waals surface area contributed by atoms with Gasteiger partial charge in [0.05, 0.1) is 59.8 Å². The minimum Gasteiger partial charge on any atom is -0.481 e. The van der Waals surface area contributed by atoms with Crippen LogP contribution in [0.25, 0.3) is 27.3 Å². The maximum absolute atomic E-state index is 12.9. The van der Waals surface area contributed by atoms with Gasteiger partial charge in [-0.1, -0.05) is 18.2 Å². The Kier molecular flexibility index (Phi) is 9.00. The van der Waals surface area contributed by atoms with Crippen molar-refractivity contribution >= 4 is 39.3 Å². The summed E-state index contributed by atoms with van der Waals surface area (Å²) in [6.45, 7) is -0.934. The Morgan fingerprint density at radius 2 is 1.85 bits per heavy atom. The molecule has 258 valence electrons. The first-order valence-corrected chi connectivity index (χ1v) is 14.9. The van der Waals surface area contributed by atoms with Gasteiger partial charge in [-0.05, 0) is 19.1 Å².